The van der Waals surface area contributed by atoms with Gasteiger partial charge in [0.25, 0.3) is 0 Å². The van der Waals surface area contributed by atoms with Crippen molar-refractivity contribution in [1.82, 2.24) is 4.90 Å². The van der Waals surface area contributed by atoms with Gasteiger partial charge in [-0.1, -0.05) is 41.0 Å². The summed E-state index contributed by atoms with van der Waals surface area (Å²) in [7, 11) is 0. The van der Waals surface area contributed by atoms with Gasteiger partial charge in [0.15, 0.2) is 0 Å². The molecule has 1 saturated heterocycles. The van der Waals surface area contributed by atoms with Crippen molar-refractivity contribution in [2.24, 2.45) is 22.5 Å². The van der Waals surface area contributed by atoms with E-state index in [9.17, 15) is 0 Å². The Labute approximate surface area is 126 Å². The lowest BCUT2D eigenvalue weighted by molar-refractivity contribution is 0.0264. The minimum atomic E-state index is 0.402. The molecule has 20 heavy (non-hydrogen) atoms. The predicted molar refractivity (Wildman–Crippen MR) is 87.8 cm³/mol. The standard InChI is InChI=1S/C18H36N2/c1-6-18(5)9-11-20(12-10-18)16-13-14(17(2,3)4)7-8-15(16)19/h14-16H,6-13,19H2,1-5H3. The van der Waals surface area contributed by atoms with E-state index < -0.39 is 0 Å². The van der Waals surface area contributed by atoms with Crippen LogP contribution < -0.4 is 5.73 Å². The van der Waals surface area contributed by atoms with Crippen LogP contribution in [0.1, 0.15) is 73.1 Å². The van der Waals surface area contributed by atoms with Crippen LogP contribution in [0.15, 0.2) is 0 Å². The van der Waals surface area contributed by atoms with Crippen LogP contribution in [0.2, 0.25) is 0 Å². The van der Waals surface area contributed by atoms with Crippen molar-refractivity contribution in [2.75, 3.05) is 13.1 Å². The highest BCUT2D eigenvalue weighted by molar-refractivity contribution is 4.95. The van der Waals surface area contributed by atoms with E-state index in [0.29, 0.717) is 22.9 Å². The molecule has 1 heterocycles. The molecule has 0 aromatic rings. The average Bonchev–Trinajstić information content (AvgIpc) is 2.39. The molecule has 0 radical (unpaired) electrons. The Kier molecular flexibility index (Phi) is 4.86. The number of piperidine rings is 1. The van der Waals surface area contributed by atoms with Crippen molar-refractivity contribution in [1.29, 1.82) is 0 Å². The normalized spacial score (nSPS) is 36.0. The van der Waals surface area contributed by atoms with Gasteiger partial charge in [0, 0.05) is 12.1 Å². The van der Waals surface area contributed by atoms with Crippen molar-refractivity contribution in [3.8, 4) is 0 Å². The molecule has 2 fully saturated rings. The first-order valence-electron chi connectivity index (χ1n) is 8.75. The van der Waals surface area contributed by atoms with Gasteiger partial charge in [-0.05, 0) is 61.9 Å². The maximum absolute atomic E-state index is 6.47. The molecule has 118 valence electrons. The monoisotopic (exact) mass is 280 g/mol. The zero-order valence-electron chi connectivity index (χ0n) is 14.4. The molecule has 0 aromatic carbocycles. The van der Waals surface area contributed by atoms with Crippen LogP contribution in [0.4, 0.5) is 0 Å². The average molecular weight is 281 g/mol. The Balaban J connectivity index is 1.97. The maximum Gasteiger partial charge on any atom is 0.0250 e. The maximum atomic E-state index is 6.47. The number of likely N-dealkylation sites (tertiary alicyclic amines) is 1. The fourth-order valence-electron chi connectivity index (χ4n) is 4.13. The smallest absolute Gasteiger partial charge is 0.0250 e. The van der Waals surface area contributed by atoms with Gasteiger partial charge < -0.3 is 5.73 Å². The van der Waals surface area contributed by atoms with Crippen LogP contribution >= 0.6 is 0 Å². The molecule has 2 nitrogen and oxygen atoms in total. The molecule has 1 saturated carbocycles. The van der Waals surface area contributed by atoms with Crippen LogP contribution in [0.25, 0.3) is 0 Å². The van der Waals surface area contributed by atoms with E-state index in [1.54, 1.807) is 0 Å². The van der Waals surface area contributed by atoms with E-state index in [1.807, 2.05) is 0 Å². The van der Waals surface area contributed by atoms with Gasteiger partial charge in [-0.25, -0.2) is 0 Å². The van der Waals surface area contributed by atoms with Crippen molar-refractivity contribution in [3.63, 3.8) is 0 Å². The van der Waals surface area contributed by atoms with E-state index in [-0.39, 0.29) is 0 Å². The van der Waals surface area contributed by atoms with E-state index in [1.165, 1.54) is 51.6 Å². The predicted octanol–water partition coefficient (Wildman–Crippen LogP) is 4.04. The third-order valence-corrected chi connectivity index (χ3v) is 6.42. The Bertz CT molecular complexity index is 310. The largest absolute Gasteiger partial charge is 0.326 e. The highest BCUT2D eigenvalue weighted by Crippen LogP contribution is 2.41. The number of rotatable bonds is 2. The van der Waals surface area contributed by atoms with Gasteiger partial charge in [-0.3, -0.25) is 4.90 Å². The van der Waals surface area contributed by atoms with Crippen molar-refractivity contribution in [3.05, 3.63) is 0 Å². The van der Waals surface area contributed by atoms with Gasteiger partial charge in [0.05, 0.1) is 0 Å². The van der Waals surface area contributed by atoms with Crippen LogP contribution in [0.5, 0.6) is 0 Å². The van der Waals surface area contributed by atoms with Crippen LogP contribution in [-0.4, -0.2) is 30.1 Å². The molecule has 0 spiro atoms. The molecule has 0 bridgehead atoms. The van der Waals surface area contributed by atoms with Gasteiger partial charge >= 0.3 is 0 Å². The molecule has 2 heteroatoms. The summed E-state index contributed by atoms with van der Waals surface area (Å²) in [6.07, 6.45) is 7.88. The zero-order chi connectivity index (χ0) is 15.0. The first kappa shape index (κ1) is 16.3. The highest BCUT2D eigenvalue weighted by Gasteiger charge is 2.39. The lowest BCUT2D eigenvalue weighted by Crippen LogP contribution is -2.55. The molecule has 0 amide bonds. The number of nitrogens with zero attached hydrogens (tertiary/aromatic N) is 1. The fraction of sp³-hybridized carbons (Fsp3) is 1.00. The lowest BCUT2D eigenvalue weighted by atomic mass is 9.69. The number of nitrogens with two attached hydrogens (primary N) is 1. The van der Waals surface area contributed by atoms with E-state index in [2.05, 4.69) is 39.5 Å². The van der Waals surface area contributed by atoms with Gasteiger partial charge in [0.1, 0.15) is 0 Å². The topological polar surface area (TPSA) is 29.3 Å². The van der Waals surface area contributed by atoms with E-state index in [0.717, 1.165) is 5.92 Å². The molecule has 0 aromatic heterocycles. The second-order valence-electron chi connectivity index (χ2n) is 8.81. The van der Waals surface area contributed by atoms with Crippen molar-refractivity contribution >= 4 is 0 Å². The van der Waals surface area contributed by atoms with Gasteiger partial charge in [-0.2, -0.15) is 0 Å². The second-order valence-corrected chi connectivity index (χ2v) is 8.81. The molecular weight excluding hydrogens is 244 g/mol. The van der Waals surface area contributed by atoms with Gasteiger partial charge in [-0.15, -0.1) is 0 Å². The quantitative estimate of drug-likeness (QED) is 0.827. The first-order chi connectivity index (χ1) is 9.25. The highest BCUT2D eigenvalue weighted by atomic mass is 15.2. The third-order valence-electron chi connectivity index (χ3n) is 6.42. The molecule has 3 unspecified atom stereocenters. The van der Waals surface area contributed by atoms with Crippen molar-refractivity contribution < 1.29 is 0 Å². The summed E-state index contributed by atoms with van der Waals surface area (Å²) in [6.45, 7) is 14.5. The Morgan fingerprint density at radius 1 is 1.15 bits per heavy atom. The summed E-state index contributed by atoms with van der Waals surface area (Å²) >= 11 is 0. The van der Waals surface area contributed by atoms with Crippen LogP contribution in [0, 0.1) is 16.7 Å². The first-order valence-corrected chi connectivity index (χ1v) is 8.75. The number of hydrogen-bond acceptors (Lipinski definition) is 2. The van der Waals surface area contributed by atoms with E-state index in [4.69, 9.17) is 5.73 Å². The van der Waals surface area contributed by atoms with Crippen LogP contribution in [-0.2, 0) is 0 Å². The molecule has 3 atom stereocenters. The SMILES string of the molecule is CCC1(C)CCN(C2CC(C(C)(C)C)CCC2N)CC1. The van der Waals surface area contributed by atoms with Gasteiger partial charge in [0.2, 0.25) is 0 Å². The summed E-state index contributed by atoms with van der Waals surface area (Å²) < 4.78 is 0. The molecule has 2 rings (SSSR count). The van der Waals surface area contributed by atoms with Crippen LogP contribution in [0.3, 0.4) is 0 Å². The Morgan fingerprint density at radius 2 is 1.75 bits per heavy atom. The fourth-order valence-corrected chi connectivity index (χ4v) is 4.13. The zero-order valence-corrected chi connectivity index (χ0v) is 14.4. The lowest BCUT2D eigenvalue weighted by Gasteiger charge is -2.48. The summed E-state index contributed by atoms with van der Waals surface area (Å²) in [5.41, 5.74) is 7.49. The Morgan fingerprint density at radius 3 is 2.25 bits per heavy atom. The molecule has 2 aliphatic rings. The minimum absolute atomic E-state index is 0.402. The molecule has 2 N–H and O–H groups in total. The summed E-state index contributed by atoms with van der Waals surface area (Å²) in [6, 6.07) is 1.04. The second kappa shape index (κ2) is 5.96. The third kappa shape index (κ3) is 3.57. The van der Waals surface area contributed by atoms with Crippen molar-refractivity contribution in [2.45, 2.75) is 85.2 Å². The summed E-state index contributed by atoms with van der Waals surface area (Å²) in [4.78, 5) is 2.72. The Hall–Kier alpha value is -0.0800. The summed E-state index contributed by atoms with van der Waals surface area (Å²) in [5, 5.41) is 0. The minimum Gasteiger partial charge on any atom is -0.326 e. The number of hydrogen-bond donors (Lipinski definition) is 1. The molecule has 1 aliphatic heterocycles. The molecule has 1 aliphatic carbocycles. The molecular formula is C18H36N2. The summed E-state index contributed by atoms with van der Waals surface area (Å²) in [5.74, 6) is 0.840. The van der Waals surface area contributed by atoms with E-state index >= 15 is 0 Å².